The molecule has 2 N–H and O–H groups in total. The number of hydrogen-bond donors (Lipinski definition) is 2. The van der Waals surface area contributed by atoms with E-state index in [1.54, 1.807) is 6.07 Å². The zero-order chi connectivity index (χ0) is 19.7. The van der Waals surface area contributed by atoms with Crippen molar-refractivity contribution < 1.29 is 18.4 Å². The Morgan fingerprint density at radius 1 is 0.857 bits per heavy atom. The first-order valence-electron chi connectivity index (χ1n) is 8.75. The van der Waals surface area contributed by atoms with Crippen molar-refractivity contribution in [2.45, 2.75) is 6.42 Å². The van der Waals surface area contributed by atoms with Gasteiger partial charge in [0.25, 0.3) is 5.91 Å². The predicted molar refractivity (Wildman–Crippen MR) is 102 cm³/mol. The topological polar surface area (TPSA) is 58.2 Å². The molecule has 0 atom stereocenters. The molecule has 0 saturated carbocycles. The molecule has 0 bridgehead atoms. The van der Waals surface area contributed by atoms with E-state index in [1.807, 2.05) is 24.3 Å². The number of benzene rings is 3. The molecule has 0 heterocycles. The van der Waals surface area contributed by atoms with Gasteiger partial charge >= 0.3 is 0 Å². The number of carbonyl (C=O) groups excluding carboxylic acids is 2. The Kier molecular flexibility index (Phi) is 4.61. The number of anilines is 1. The van der Waals surface area contributed by atoms with E-state index in [2.05, 4.69) is 22.8 Å². The molecular weight excluding hydrogens is 362 g/mol. The molecule has 140 valence electrons. The fourth-order valence-electron chi connectivity index (χ4n) is 3.33. The molecule has 0 fully saturated rings. The molecule has 1 aliphatic carbocycles. The molecule has 0 unspecified atom stereocenters. The lowest BCUT2D eigenvalue weighted by molar-refractivity contribution is -0.115. The van der Waals surface area contributed by atoms with Crippen LogP contribution in [0.2, 0.25) is 0 Å². The molecule has 6 heteroatoms. The molecule has 0 radical (unpaired) electrons. The minimum atomic E-state index is -1.05. The van der Waals surface area contributed by atoms with Crippen LogP contribution in [0.5, 0.6) is 0 Å². The first-order chi connectivity index (χ1) is 13.5. The summed E-state index contributed by atoms with van der Waals surface area (Å²) in [6, 6.07) is 16.6. The van der Waals surface area contributed by atoms with E-state index in [4.69, 9.17) is 0 Å². The minimum Gasteiger partial charge on any atom is -0.343 e. The molecule has 0 spiro atoms. The molecule has 3 aromatic rings. The quantitative estimate of drug-likeness (QED) is 0.566. The number of nitrogens with one attached hydrogen (secondary N) is 2. The maximum Gasteiger partial charge on any atom is 0.251 e. The normalized spacial score (nSPS) is 11.5. The highest BCUT2D eigenvalue weighted by molar-refractivity contribution is 6.00. The number of carbonyl (C=O) groups is 2. The molecule has 28 heavy (non-hydrogen) atoms. The van der Waals surface area contributed by atoms with Crippen molar-refractivity contribution in [1.82, 2.24) is 5.32 Å². The Morgan fingerprint density at radius 3 is 2.46 bits per heavy atom. The van der Waals surface area contributed by atoms with E-state index in [1.165, 1.54) is 17.2 Å². The van der Waals surface area contributed by atoms with E-state index in [9.17, 15) is 18.4 Å². The molecule has 0 saturated heterocycles. The van der Waals surface area contributed by atoms with Crippen molar-refractivity contribution >= 4 is 17.5 Å². The predicted octanol–water partition coefficient (Wildman–Crippen LogP) is 3.90. The summed E-state index contributed by atoms with van der Waals surface area (Å²) in [5.41, 5.74) is 5.17. The second-order valence-electron chi connectivity index (χ2n) is 6.57. The number of hydrogen-bond acceptors (Lipinski definition) is 2. The van der Waals surface area contributed by atoms with Gasteiger partial charge in [0.05, 0.1) is 6.54 Å². The van der Waals surface area contributed by atoms with Gasteiger partial charge in [0.15, 0.2) is 11.6 Å². The largest absolute Gasteiger partial charge is 0.343 e. The third kappa shape index (κ3) is 3.49. The van der Waals surface area contributed by atoms with Gasteiger partial charge in [-0.3, -0.25) is 9.59 Å². The molecule has 4 nitrogen and oxygen atoms in total. The summed E-state index contributed by atoms with van der Waals surface area (Å²) in [4.78, 5) is 24.3. The monoisotopic (exact) mass is 378 g/mol. The first-order valence-corrected chi connectivity index (χ1v) is 8.75. The van der Waals surface area contributed by atoms with Crippen LogP contribution >= 0.6 is 0 Å². The Hall–Kier alpha value is -3.54. The highest BCUT2D eigenvalue weighted by Crippen LogP contribution is 2.36. The average molecular weight is 378 g/mol. The summed E-state index contributed by atoms with van der Waals surface area (Å²) in [6.45, 7) is -0.283. The van der Waals surface area contributed by atoms with Crippen LogP contribution in [0.4, 0.5) is 14.5 Å². The van der Waals surface area contributed by atoms with E-state index in [-0.39, 0.29) is 18.1 Å². The van der Waals surface area contributed by atoms with Gasteiger partial charge in [0.2, 0.25) is 5.91 Å². The first kappa shape index (κ1) is 17.9. The van der Waals surface area contributed by atoms with E-state index < -0.39 is 17.5 Å². The van der Waals surface area contributed by atoms with Crippen LogP contribution in [0.3, 0.4) is 0 Å². The molecular formula is C22H16F2N2O2. The highest BCUT2D eigenvalue weighted by Gasteiger charge is 2.19. The van der Waals surface area contributed by atoms with Gasteiger partial charge in [-0.15, -0.1) is 0 Å². The van der Waals surface area contributed by atoms with E-state index in [0.717, 1.165) is 29.7 Å². The smallest absolute Gasteiger partial charge is 0.251 e. The molecule has 2 amide bonds. The van der Waals surface area contributed by atoms with Crippen LogP contribution in [0, 0.1) is 11.6 Å². The van der Waals surface area contributed by atoms with Gasteiger partial charge in [0.1, 0.15) is 0 Å². The Bertz CT molecular complexity index is 1100. The molecule has 3 aromatic carbocycles. The van der Waals surface area contributed by atoms with E-state index >= 15 is 0 Å². The lowest BCUT2D eigenvalue weighted by Gasteiger charge is -2.08. The molecule has 1 aliphatic rings. The molecule has 0 aliphatic heterocycles. The SMILES string of the molecule is O=C(CNC(=O)c1ccc2c(c1)Cc1ccccc1-2)Nc1ccc(F)c(F)c1. The number of amides is 2. The van der Waals surface area contributed by atoms with Crippen LogP contribution in [-0.2, 0) is 11.2 Å². The van der Waals surface area contributed by atoms with Crippen LogP contribution < -0.4 is 10.6 Å². The van der Waals surface area contributed by atoms with Crippen molar-refractivity contribution in [3.05, 3.63) is 89.0 Å². The maximum absolute atomic E-state index is 13.2. The van der Waals surface area contributed by atoms with Crippen molar-refractivity contribution in [3.63, 3.8) is 0 Å². The van der Waals surface area contributed by atoms with Crippen LogP contribution in [0.25, 0.3) is 11.1 Å². The third-order valence-electron chi connectivity index (χ3n) is 4.67. The fraction of sp³-hybridized carbons (Fsp3) is 0.0909. The van der Waals surface area contributed by atoms with Gasteiger partial charge < -0.3 is 10.6 Å². The lowest BCUT2D eigenvalue weighted by atomic mass is 10.0. The fourth-order valence-corrected chi connectivity index (χ4v) is 3.33. The number of fused-ring (bicyclic) bond motifs is 3. The zero-order valence-electron chi connectivity index (χ0n) is 14.8. The van der Waals surface area contributed by atoms with Crippen LogP contribution in [-0.4, -0.2) is 18.4 Å². The Morgan fingerprint density at radius 2 is 1.64 bits per heavy atom. The van der Waals surface area contributed by atoms with Crippen LogP contribution in [0.15, 0.2) is 60.7 Å². The summed E-state index contributed by atoms with van der Waals surface area (Å²) in [5, 5.41) is 4.95. The highest BCUT2D eigenvalue weighted by atomic mass is 19.2. The van der Waals surface area contributed by atoms with Crippen molar-refractivity contribution in [1.29, 1.82) is 0 Å². The summed E-state index contributed by atoms with van der Waals surface area (Å²) < 4.78 is 26.1. The average Bonchev–Trinajstić information content (AvgIpc) is 3.06. The second kappa shape index (κ2) is 7.23. The van der Waals surface area contributed by atoms with Crippen molar-refractivity contribution in [2.75, 3.05) is 11.9 Å². The van der Waals surface area contributed by atoms with Gasteiger partial charge in [-0.25, -0.2) is 8.78 Å². The number of rotatable bonds is 4. The van der Waals surface area contributed by atoms with Gasteiger partial charge in [-0.2, -0.15) is 0 Å². The standard InChI is InChI=1S/C22H16F2N2O2/c23-19-8-6-16(11-20(19)24)26-21(27)12-25-22(28)14-5-7-18-15(10-14)9-13-3-1-2-4-17(13)18/h1-8,10-11H,9,12H2,(H,25,28)(H,26,27). The Balaban J connectivity index is 1.38. The molecule has 4 rings (SSSR count). The lowest BCUT2D eigenvalue weighted by Crippen LogP contribution is -2.32. The van der Waals surface area contributed by atoms with Crippen molar-refractivity contribution in [2.24, 2.45) is 0 Å². The summed E-state index contributed by atoms with van der Waals surface area (Å²) in [7, 11) is 0. The van der Waals surface area contributed by atoms with Gasteiger partial charge in [-0.1, -0.05) is 30.3 Å². The molecule has 0 aromatic heterocycles. The third-order valence-corrected chi connectivity index (χ3v) is 4.67. The second-order valence-corrected chi connectivity index (χ2v) is 6.57. The Labute approximate surface area is 160 Å². The zero-order valence-corrected chi connectivity index (χ0v) is 14.8. The van der Waals surface area contributed by atoms with E-state index in [0.29, 0.717) is 5.56 Å². The van der Waals surface area contributed by atoms with Crippen molar-refractivity contribution in [3.8, 4) is 11.1 Å². The summed E-state index contributed by atoms with van der Waals surface area (Å²) >= 11 is 0. The van der Waals surface area contributed by atoms with Gasteiger partial charge in [0, 0.05) is 17.3 Å². The van der Waals surface area contributed by atoms with Gasteiger partial charge in [-0.05, 0) is 52.9 Å². The van der Waals surface area contributed by atoms with Crippen LogP contribution in [0.1, 0.15) is 21.5 Å². The number of halogens is 2. The maximum atomic E-state index is 13.2. The minimum absolute atomic E-state index is 0.119. The summed E-state index contributed by atoms with van der Waals surface area (Å²) in [6.07, 6.45) is 0.767. The summed E-state index contributed by atoms with van der Waals surface area (Å²) in [5.74, 6) is -2.96.